The molecule has 2 atom stereocenters. The maximum absolute atomic E-state index is 11.7. The van der Waals surface area contributed by atoms with Gasteiger partial charge in [-0.1, -0.05) is 49.5 Å². The Hall–Kier alpha value is -0.770. The molecule has 0 radical (unpaired) electrons. The fourth-order valence-corrected chi connectivity index (χ4v) is 2.24. The van der Waals surface area contributed by atoms with Crippen molar-refractivity contribution in [3.05, 3.63) is 33.8 Å². The molecule has 0 heterocycles. The highest BCUT2D eigenvalue weighted by molar-refractivity contribution is 6.35. The largest absolute Gasteiger partial charge is 0.468 e. The van der Waals surface area contributed by atoms with Gasteiger partial charge in [0.1, 0.15) is 6.04 Å². The lowest BCUT2D eigenvalue weighted by Crippen LogP contribution is -2.42. The van der Waals surface area contributed by atoms with Gasteiger partial charge in [-0.2, -0.15) is 0 Å². The fraction of sp³-hybridized carbons (Fsp3) is 0.500. The fourth-order valence-electron chi connectivity index (χ4n) is 1.76. The summed E-state index contributed by atoms with van der Waals surface area (Å²) in [5, 5.41) is 4.38. The Morgan fingerprint density at radius 1 is 1.42 bits per heavy atom. The van der Waals surface area contributed by atoms with Crippen LogP contribution in [0.3, 0.4) is 0 Å². The van der Waals surface area contributed by atoms with Crippen molar-refractivity contribution in [1.29, 1.82) is 0 Å². The summed E-state index contributed by atoms with van der Waals surface area (Å²) in [4.78, 5) is 11.7. The Bertz CT molecular complexity index is 437. The predicted octanol–water partition coefficient (Wildman–Crippen LogP) is 3.67. The van der Waals surface area contributed by atoms with Gasteiger partial charge >= 0.3 is 5.97 Å². The van der Waals surface area contributed by atoms with E-state index in [-0.39, 0.29) is 17.9 Å². The van der Waals surface area contributed by atoms with Gasteiger partial charge in [-0.15, -0.1) is 0 Å². The highest BCUT2D eigenvalue weighted by atomic mass is 35.5. The molecule has 0 spiro atoms. The Kier molecular flexibility index (Phi) is 6.63. The van der Waals surface area contributed by atoms with Gasteiger partial charge in [-0.3, -0.25) is 4.79 Å². The molecular formula is C14H19Cl2NO2. The average molecular weight is 304 g/mol. The summed E-state index contributed by atoms with van der Waals surface area (Å²) in [6, 6.07) is 4.99. The summed E-state index contributed by atoms with van der Waals surface area (Å²) >= 11 is 11.9. The van der Waals surface area contributed by atoms with E-state index in [2.05, 4.69) is 5.32 Å². The van der Waals surface area contributed by atoms with Crippen molar-refractivity contribution in [2.24, 2.45) is 5.92 Å². The lowest BCUT2D eigenvalue weighted by Gasteiger charge is -2.22. The highest BCUT2D eigenvalue weighted by Gasteiger charge is 2.24. The number of carbonyl (C=O) groups excluding carboxylic acids is 1. The van der Waals surface area contributed by atoms with Gasteiger partial charge in [0.2, 0.25) is 0 Å². The van der Waals surface area contributed by atoms with Gasteiger partial charge in [0, 0.05) is 16.6 Å². The first-order chi connectivity index (χ1) is 8.99. The molecule has 1 aromatic carbocycles. The zero-order valence-electron chi connectivity index (χ0n) is 11.4. The predicted molar refractivity (Wildman–Crippen MR) is 78.6 cm³/mol. The van der Waals surface area contributed by atoms with Gasteiger partial charge < -0.3 is 10.1 Å². The van der Waals surface area contributed by atoms with E-state index in [1.165, 1.54) is 7.11 Å². The average Bonchev–Trinajstić information content (AvgIpc) is 2.40. The van der Waals surface area contributed by atoms with E-state index >= 15 is 0 Å². The molecule has 3 nitrogen and oxygen atoms in total. The molecule has 0 saturated carbocycles. The summed E-state index contributed by atoms with van der Waals surface area (Å²) < 4.78 is 4.82. The minimum Gasteiger partial charge on any atom is -0.468 e. The van der Waals surface area contributed by atoms with E-state index in [9.17, 15) is 4.79 Å². The monoisotopic (exact) mass is 303 g/mol. The summed E-state index contributed by atoms with van der Waals surface area (Å²) in [6.07, 6.45) is 0.890. The van der Waals surface area contributed by atoms with Crippen molar-refractivity contribution in [2.75, 3.05) is 7.11 Å². The first kappa shape index (κ1) is 16.3. The second kappa shape index (κ2) is 7.73. The van der Waals surface area contributed by atoms with Crippen molar-refractivity contribution in [1.82, 2.24) is 5.32 Å². The maximum atomic E-state index is 11.7. The molecule has 1 rings (SSSR count). The number of esters is 1. The molecule has 0 aliphatic heterocycles. The first-order valence-electron chi connectivity index (χ1n) is 6.24. The van der Waals surface area contributed by atoms with Gasteiger partial charge in [0.05, 0.1) is 7.11 Å². The van der Waals surface area contributed by atoms with Gasteiger partial charge in [0.25, 0.3) is 0 Å². The van der Waals surface area contributed by atoms with Crippen molar-refractivity contribution < 1.29 is 9.53 Å². The molecule has 0 bridgehead atoms. The summed E-state index contributed by atoms with van der Waals surface area (Å²) in [7, 11) is 1.40. The first-order valence-corrected chi connectivity index (χ1v) is 7.00. The summed E-state index contributed by atoms with van der Waals surface area (Å²) in [5.74, 6) is -0.0574. The third-order valence-electron chi connectivity index (χ3n) is 3.20. The number of halogens is 2. The number of benzene rings is 1. The van der Waals surface area contributed by atoms with Crippen LogP contribution in [-0.4, -0.2) is 19.1 Å². The third kappa shape index (κ3) is 4.68. The third-order valence-corrected chi connectivity index (χ3v) is 3.78. The quantitative estimate of drug-likeness (QED) is 0.815. The smallest absolute Gasteiger partial charge is 0.323 e. The molecule has 106 valence electrons. The van der Waals surface area contributed by atoms with Crippen molar-refractivity contribution in [3.63, 3.8) is 0 Å². The lowest BCUT2D eigenvalue weighted by atomic mass is 9.99. The second-order valence-corrected chi connectivity index (χ2v) is 5.35. The molecule has 0 aromatic heterocycles. The molecular weight excluding hydrogens is 285 g/mol. The van der Waals surface area contributed by atoms with Crippen LogP contribution in [0.2, 0.25) is 10.0 Å². The van der Waals surface area contributed by atoms with E-state index < -0.39 is 0 Å². The number of nitrogens with one attached hydrogen (secondary N) is 1. The van der Waals surface area contributed by atoms with Crippen LogP contribution < -0.4 is 5.32 Å². The molecule has 0 aliphatic carbocycles. The topological polar surface area (TPSA) is 38.3 Å². The number of methoxy groups -OCH3 is 1. The van der Waals surface area contributed by atoms with Crippen LogP contribution in [0.4, 0.5) is 0 Å². The number of ether oxygens (including phenoxy) is 1. The van der Waals surface area contributed by atoms with Crippen LogP contribution in [0.25, 0.3) is 0 Å². The van der Waals surface area contributed by atoms with Crippen LogP contribution in [0.5, 0.6) is 0 Å². The minimum atomic E-state index is -0.332. The molecule has 2 unspecified atom stereocenters. The van der Waals surface area contributed by atoms with Gasteiger partial charge in [-0.25, -0.2) is 0 Å². The van der Waals surface area contributed by atoms with Gasteiger partial charge in [-0.05, 0) is 23.6 Å². The number of hydrogen-bond acceptors (Lipinski definition) is 3. The van der Waals surface area contributed by atoms with E-state index in [4.69, 9.17) is 27.9 Å². The van der Waals surface area contributed by atoms with E-state index in [0.29, 0.717) is 16.6 Å². The second-order valence-electron chi connectivity index (χ2n) is 4.50. The van der Waals surface area contributed by atoms with Crippen LogP contribution in [-0.2, 0) is 16.1 Å². The molecule has 0 saturated heterocycles. The van der Waals surface area contributed by atoms with Crippen LogP contribution in [0.15, 0.2) is 18.2 Å². The van der Waals surface area contributed by atoms with Crippen LogP contribution in [0.1, 0.15) is 25.8 Å². The lowest BCUT2D eigenvalue weighted by molar-refractivity contribution is -0.144. The number of carbonyl (C=O) groups is 1. The Morgan fingerprint density at radius 2 is 2.11 bits per heavy atom. The number of hydrogen-bond donors (Lipinski definition) is 1. The maximum Gasteiger partial charge on any atom is 0.323 e. The summed E-state index contributed by atoms with van der Waals surface area (Å²) in [5.41, 5.74) is 0.906. The molecule has 1 N–H and O–H groups in total. The van der Waals surface area contributed by atoms with Gasteiger partial charge in [0.15, 0.2) is 0 Å². The van der Waals surface area contributed by atoms with Crippen LogP contribution >= 0.6 is 23.2 Å². The van der Waals surface area contributed by atoms with Crippen molar-refractivity contribution >= 4 is 29.2 Å². The normalized spacial score (nSPS) is 13.9. The van der Waals surface area contributed by atoms with E-state index in [1.54, 1.807) is 12.1 Å². The van der Waals surface area contributed by atoms with E-state index in [1.807, 2.05) is 19.9 Å². The molecule has 0 aliphatic rings. The van der Waals surface area contributed by atoms with Crippen molar-refractivity contribution in [3.8, 4) is 0 Å². The SMILES string of the molecule is CCC(C)C(NCc1ccc(Cl)cc1Cl)C(=O)OC. The zero-order chi connectivity index (χ0) is 14.4. The Balaban J connectivity index is 2.73. The highest BCUT2D eigenvalue weighted by Crippen LogP contribution is 2.21. The molecule has 0 amide bonds. The number of rotatable bonds is 6. The zero-order valence-corrected chi connectivity index (χ0v) is 12.9. The van der Waals surface area contributed by atoms with Crippen LogP contribution in [0, 0.1) is 5.92 Å². The molecule has 5 heteroatoms. The Labute approximate surface area is 124 Å². The Morgan fingerprint density at radius 3 is 2.63 bits per heavy atom. The molecule has 19 heavy (non-hydrogen) atoms. The van der Waals surface area contributed by atoms with E-state index in [0.717, 1.165) is 12.0 Å². The molecule has 0 fully saturated rings. The van der Waals surface area contributed by atoms with Crippen molar-refractivity contribution in [2.45, 2.75) is 32.9 Å². The standard InChI is InChI=1S/C14H19Cl2NO2/c1-4-9(2)13(14(18)19-3)17-8-10-5-6-11(15)7-12(10)16/h5-7,9,13,17H,4,8H2,1-3H3. The summed E-state index contributed by atoms with van der Waals surface area (Å²) in [6.45, 7) is 4.55. The minimum absolute atomic E-state index is 0.193. The molecule has 1 aromatic rings.